The second-order valence-electron chi connectivity index (χ2n) is 5.92. The van der Waals surface area contributed by atoms with E-state index < -0.39 is 0 Å². The number of anilines is 2. The zero-order valence-corrected chi connectivity index (χ0v) is 13.8. The first-order valence-electron chi connectivity index (χ1n) is 8.00. The van der Waals surface area contributed by atoms with Gasteiger partial charge in [-0.15, -0.1) is 0 Å². The minimum atomic E-state index is 0.939. The molecule has 0 radical (unpaired) electrons. The Morgan fingerprint density at radius 1 is 1.00 bits per heavy atom. The van der Waals surface area contributed by atoms with Crippen LogP contribution >= 0.6 is 0 Å². The van der Waals surface area contributed by atoms with E-state index in [1.807, 2.05) is 32.6 Å². The molecule has 120 valence electrons. The smallest absolute Gasteiger partial charge is 0.274 e. The Kier molecular flexibility index (Phi) is 4.76. The van der Waals surface area contributed by atoms with E-state index in [1.54, 1.807) is 0 Å². The van der Waals surface area contributed by atoms with Crippen molar-refractivity contribution in [2.24, 2.45) is 5.10 Å². The van der Waals surface area contributed by atoms with Crippen LogP contribution < -0.4 is 14.8 Å². The largest absolute Gasteiger partial charge is 0.378 e. The van der Waals surface area contributed by atoms with Crippen molar-refractivity contribution in [3.63, 3.8) is 0 Å². The number of benzene rings is 1. The molecule has 5 heteroatoms. The topological polar surface area (TPSA) is 36.2 Å². The molecule has 2 aromatic rings. The number of H-pyrrole nitrogens is 1. The number of piperazine rings is 1. The Balaban J connectivity index is 1.54. The number of hydrogen-bond donors (Lipinski definition) is 0. The van der Waals surface area contributed by atoms with Gasteiger partial charge in [-0.05, 0) is 23.8 Å². The quantitative estimate of drug-likeness (QED) is 0.807. The molecule has 2 heterocycles. The number of aromatic amines is 1. The molecule has 0 amide bonds. The van der Waals surface area contributed by atoms with E-state index in [0.717, 1.165) is 31.7 Å². The molecule has 0 unspecified atom stereocenters. The molecule has 0 atom stereocenters. The van der Waals surface area contributed by atoms with Gasteiger partial charge < -0.3 is 4.90 Å². The van der Waals surface area contributed by atoms with Crippen LogP contribution in [0.25, 0.3) is 0 Å². The Morgan fingerprint density at radius 3 is 2.35 bits per heavy atom. The lowest BCUT2D eigenvalue weighted by Gasteiger charge is -2.28. The van der Waals surface area contributed by atoms with Gasteiger partial charge >= 0.3 is 0 Å². The molecule has 1 saturated heterocycles. The normalized spacial score (nSPS) is 15.2. The first-order chi connectivity index (χ1) is 11.2. The lowest BCUT2D eigenvalue weighted by atomic mass is 10.2. The minimum Gasteiger partial charge on any atom is -0.378 e. The molecule has 0 spiro atoms. The van der Waals surface area contributed by atoms with E-state index in [0.29, 0.717) is 0 Å². The van der Waals surface area contributed by atoms with Crippen LogP contribution in [0.2, 0.25) is 0 Å². The molecule has 1 N–H and O–H groups in total. The molecule has 1 aliphatic rings. The highest BCUT2D eigenvalue weighted by molar-refractivity contribution is 5.80. The maximum absolute atomic E-state index is 4.61. The standard InChI is InChI=1S/C18H23N5/c1-21(2)17-8-6-16(7-9-17)15-20-23-13-11-22(12-14-23)18-5-3-4-10-19-18/h3-10,15H,11-14H2,1-2H3/p+1/b20-15-. The minimum absolute atomic E-state index is 0.939. The van der Waals surface area contributed by atoms with E-state index in [9.17, 15) is 0 Å². The van der Waals surface area contributed by atoms with Crippen molar-refractivity contribution in [2.75, 3.05) is 50.1 Å². The number of hydrogen-bond acceptors (Lipinski definition) is 4. The van der Waals surface area contributed by atoms with Gasteiger partial charge in [-0.1, -0.05) is 18.2 Å². The van der Waals surface area contributed by atoms with Crippen molar-refractivity contribution >= 4 is 17.7 Å². The van der Waals surface area contributed by atoms with E-state index in [-0.39, 0.29) is 0 Å². The van der Waals surface area contributed by atoms with Gasteiger partial charge in [0.25, 0.3) is 5.82 Å². The van der Waals surface area contributed by atoms with Crippen LogP contribution in [0.15, 0.2) is 53.8 Å². The van der Waals surface area contributed by atoms with Crippen LogP contribution in [-0.2, 0) is 0 Å². The van der Waals surface area contributed by atoms with Crippen molar-refractivity contribution in [2.45, 2.75) is 0 Å². The van der Waals surface area contributed by atoms with E-state index in [1.165, 1.54) is 11.5 Å². The lowest BCUT2D eigenvalue weighted by molar-refractivity contribution is -0.364. The second kappa shape index (κ2) is 7.13. The Hall–Kier alpha value is -2.56. The van der Waals surface area contributed by atoms with Gasteiger partial charge in [0.2, 0.25) is 0 Å². The first-order valence-corrected chi connectivity index (χ1v) is 8.00. The highest BCUT2D eigenvalue weighted by Crippen LogP contribution is 2.12. The van der Waals surface area contributed by atoms with Crippen molar-refractivity contribution in [3.05, 3.63) is 54.2 Å². The molecule has 1 fully saturated rings. The molecule has 3 rings (SSSR count). The summed E-state index contributed by atoms with van der Waals surface area (Å²) in [5.74, 6) is 1.18. The third-order valence-corrected chi connectivity index (χ3v) is 4.07. The summed E-state index contributed by atoms with van der Waals surface area (Å²) in [6.45, 7) is 3.85. The predicted molar refractivity (Wildman–Crippen MR) is 95.1 cm³/mol. The number of nitrogens with one attached hydrogen (secondary N) is 1. The number of aromatic nitrogens is 1. The van der Waals surface area contributed by atoms with E-state index >= 15 is 0 Å². The molecule has 23 heavy (non-hydrogen) atoms. The highest BCUT2D eigenvalue weighted by atomic mass is 15.5. The Bertz CT molecular complexity index is 628. The lowest BCUT2D eigenvalue weighted by Crippen LogP contribution is -2.45. The summed E-state index contributed by atoms with van der Waals surface area (Å²) < 4.78 is 0. The fraction of sp³-hybridized carbons (Fsp3) is 0.333. The first kappa shape index (κ1) is 15.3. The summed E-state index contributed by atoms with van der Waals surface area (Å²) >= 11 is 0. The van der Waals surface area contributed by atoms with Gasteiger partial charge in [0, 0.05) is 25.8 Å². The van der Waals surface area contributed by atoms with Crippen LogP contribution in [0.1, 0.15) is 5.56 Å². The van der Waals surface area contributed by atoms with Crippen LogP contribution in [0, 0.1) is 0 Å². The molecule has 0 bridgehead atoms. The number of rotatable bonds is 4. The number of pyridine rings is 1. The summed E-state index contributed by atoms with van der Waals surface area (Å²) in [6, 6.07) is 14.6. The highest BCUT2D eigenvalue weighted by Gasteiger charge is 2.21. The SMILES string of the molecule is CN(C)c1ccc(/C=N\N2CCN(c3cccc[nH+]3)CC2)cc1. The molecule has 1 aromatic carbocycles. The van der Waals surface area contributed by atoms with Gasteiger partial charge in [0.05, 0.1) is 25.5 Å². The van der Waals surface area contributed by atoms with Gasteiger partial charge in [0.1, 0.15) is 13.1 Å². The average Bonchev–Trinajstić information content (AvgIpc) is 2.61. The molecular weight excluding hydrogens is 286 g/mol. The molecule has 0 aliphatic carbocycles. The van der Waals surface area contributed by atoms with E-state index in [4.69, 9.17) is 0 Å². The van der Waals surface area contributed by atoms with Crippen molar-refractivity contribution in [3.8, 4) is 0 Å². The van der Waals surface area contributed by atoms with Crippen LogP contribution in [0.5, 0.6) is 0 Å². The summed E-state index contributed by atoms with van der Waals surface area (Å²) in [6.07, 6.45) is 3.92. The Labute approximate surface area is 137 Å². The van der Waals surface area contributed by atoms with Gasteiger partial charge in [-0.2, -0.15) is 5.10 Å². The van der Waals surface area contributed by atoms with Crippen LogP contribution in [-0.4, -0.2) is 51.5 Å². The second-order valence-corrected chi connectivity index (χ2v) is 5.92. The van der Waals surface area contributed by atoms with Gasteiger partial charge in [0.15, 0.2) is 0 Å². The molecule has 0 saturated carbocycles. The maximum atomic E-state index is 4.61. The summed E-state index contributed by atoms with van der Waals surface area (Å²) in [7, 11) is 4.10. The van der Waals surface area contributed by atoms with Crippen molar-refractivity contribution in [1.29, 1.82) is 0 Å². The zero-order valence-electron chi connectivity index (χ0n) is 13.8. The van der Waals surface area contributed by atoms with Crippen LogP contribution in [0.4, 0.5) is 11.5 Å². The predicted octanol–water partition coefficient (Wildman–Crippen LogP) is 1.72. The molecule has 5 nitrogen and oxygen atoms in total. The average molecular weight is 310 g/mol. The molecule has 1 aromatic heterocycles. The monoisotopic (exact) mass is 310 g/mol. The molecule has 1 aliphatic heterocycles. The third-order valence-electron chi connectivity index (χ3n) is 4.07. The Morgan fingerprint density at radius 2 is 1.74 bits per heavy atom. The summed E-state index contributed by atoms with van der Waals surface area (Å²) in [5, 5.41) is 6.75. The molecular formula is C18H24N5+. The maximum Gasteiger partial charge on any atom is 0.274 e. The number of nitrogens with zero attached hydrogens (tertiary/aromatic N) is 4. The fourth-order valence-electron chi connectivity index (χ4n) is 2.64. The summed E-state index contributed by atoms with van der Waals surface area (Å²) in [5.41, 5.74) is 2.34. The van der Waals surface area contributed by atoms with Crippen molar-refractivity contribution < 1.29 is 4.98 Å². The van der Waals surface area contributed by atoms with Crippen molar-refractivity contribution in [1.82, 2.24) is 5.01 Å². The number of hydrazone groups is 1. The van der Waals surface area contributed by atoms with Gasteiger partial charge in [-0.25, -0.2) is 4.98 Å². The summed E-state index contributed by atoms with van der Waals surface area (Å²) in [4.78, 5) is 7.75. The fourth-order valence-corrected chi connectivity index (χ4v) is 2.64. The van der Waals surface area contributed by atoms with E-state index in [2.05, 4.69) is 61.3 Å². The van der Waals surface area contributed by atoms with Crippen LogP contribution in [0.3, 0.4) is 0 Å². The van der Waals surface area contributed by atoms with Gasteiger partial charge in [-0.3, -0.25) is 9.91 Å². The zero-order chi connectivity index (χ0) is 16.1. The third kappa shape index (κ3) is 4.00.